The highest BCUT2D eigenvalue weighted by Crippen LogP contribution is 2.30. The van der Waals surface area contributed by atoms with Crippen LogP contribution in [0.3, 0.4) is 0 Å². The van der Waals surface area contributed by atoms with Gasteiger partial charge in [0.25, 0.3) is 0 Å². The summed E-state index contributed by atoms with van der Waals surface area (Å²) in [5, 5.41) is 2.99. The number of nitrogens with zero attached hydrogens (tertiary/aromatic N) is 1. The molecule has 28 heavy (non-hydrogen) atoms. The number of fused-ring (bicyclic) bond motifs is 1. The molecule has 3 nitrogen and oxygen atoms in total. The van der Waals surface area contributed by atoms with Crippen molar-refractivity contribution < 1.29 is 9.18 Å². The lowest BCUT2D eigenvalue weighted by Gasteiger charge is -2.21. The Bertz CT molecular complexity index is 992. The van der Waals surface area contributed by atoms with Crippen LogP contribution in [0.2, 0.25) is 0 Å². The second-order valence-electron chi connectivity index (χ2n) is 6.72. The topological polar surface area (TPSA) is 32.3 Å². The number of carbonyl (C=O) groups excluding carboxylic acids is 1. The van der Waals surface area contributed by atoms with E-state index in [1.165, 1.54) is 29.1 Å². The first-order valence-corrected chi connectivity index (χ1v) is 10.3. The smallest absolute Gasteiger partial charge is 0.234 e. The van der Waals surface area contributed by atoms with Gasteiger partial charge in [-0.1, -0.05) is 48.5 Å². The molecule has 0 saturated heterocycles. The van der Waals surface area contributed by atoms with Gasteiger partial charge in [-0.05, 0) is 41.8 Å². The van der Waals surface area contributed by atoms with E-state index in [0.29, 0.717) is 4.90 Å². The Labute approximate surface area is 168 Å². The van der Waals surface area contributed by atoms with Crippen LogP contribution in [0, 0.1) is 5.82 Å². The predicted octanol–water partition coefficient (Wildman–Crippen LogP) is 5.12. The summed E-state index contributed by atoms with van der Waals surface area (Å²) in [5.41, 5.74) is 4.51. The number of hydrogen-bond donors (Lipinski definition) is 1. The molecule has 0 fully saturated rings. The number of benzene rings is 3. The molecule has 1 aliphatic rings. The molecule has 0 saturated carbocycles. The molecule has 0 bridgehead atoms. The van der Waals surface area contributed by atoms with Crippen molar-refractivity contribution in [1.29, 1.82) is 0 Å². The normalized spacial score (nSPS) is 12.7. The maximum atomic E-state index is 13.7. The molecule has 1 amide bonds. The molecule has 1 N–H and O–H groups in total. The SMILES string of the molecule is O=C(CSc1ccccc1F)Nc1ccccc1CN1CCc2ccccc21. The van der Waals surface area contributed by atoms with Crippen LogP contribution in [0.25, 0.3) is 0 Å². The van der Waals surface area contributed by atoms with Gasteiger partial charge in [0.15, 0.2) is 0 Å². The average molecular weight is 392 g/mol. The van der Waals surface area contributed by atoms with Crippen molar-refractivity contribution in [2.75, 3.05) is 22.5 Å². The molecule has 1 aliphatic heterocycles. The lowest BCUT2D eigenvalue weighted by atomic mass is 10.1. The van der Waals surface area contributed by atoms with Crippen molar-refractivity contribution in [2.24, 2.45) is 0 Å². The highest BCUT2D eigenvalue weighted by atomic mass is 32.2. The number of hydrogen-bond acceptors (Lipinski definition) is 3. The molecular weight excluding hydrogens is 371 g/mol. The molecule has 142 valence electrons. The van der Waals surface area contributed by atoms with Crippen LogP contribution >= 0.6 is 11.8 Å². The highest BCUT2D eigenvalue weighted by Gasteiger charge is 2.19. The zero-order valence-electron chi connectivity index (χ0n) is 15.4. The second kappa shape index (κ2) is 8.48. The van der Waals surface area contributed by atoms with Crippen molar-refractivity contribution >= 4 is 29.0 Å². The van der Waals surface area contributed by atoms with Gasteiger partial charge < -0.3 is 10.2 Å². The summed E-state index contributed by atoms with van der Waals surface area (Å²) in [7, 11) is 0. The van der Waals surface area contributed by atoms with E-state index in [1.807, 2.05) is 24.3 Å². The fourth-order valence-corrected chi connectivity index (χ4v) is 4.19. The Morgan fingerprint density at radius 1 is 1.00 bits per heavy atom. The van der Waals surface area contributed by atoms with Crippen LogP contribution in [-0.2, 0) is 17.8 Å². The van der Waals surface area contributed by atoms with Crippen molar-refractivity contribution in [1.82, 2.24) is 0 Å². The van der Waals surface area contributed by atoms with Crippen LogP contribution < -0.4 is 10.2 Å². The van der Waals surface area contributed by atoms with Gasteiger partial charge in [-0.2, -0.15) is 0 Å². The average Bonchev–Trinajstić information content (AvgIpc) is 3.12. The summed E-state index contributed by atoms with van der Waals surface area (Å²) in [4.78, 5) is 15.2. The Morgan fingerprint density at radius 3 is 2.64 bits per heavy atom. The minimum Gasteiger partial charge on any atom is -0.367 e. The monoisotopic (exact) mass is 392 g/mol. The molecule has 0 aliphatic carbocycles. The number of para-hydroxylation sites is 2. The molecule has 4 rings (SSSR count). The Kier molecular flexibility index (Phi) is 5.63. The van der Waals surface area contributed by atoms with E-state index in [-0.39, 0.29) is 17.5 Å². The van der Waals surface area contributed by atoms with E-state index in [4.69, 9.17) is 0 Å². The lowest BCUT2D eigenvalue weighted by Crippen LogP contribution is -2.22. The minimum atomic E-state index is -0.298. The van der Waals surface area contributed by atoms with E-state index in [1.54, 1.807) is 18.2 Å². The van der Waals surface area contributed by atoms with Crippen molar-refractivity contribution in [3.05, 3.63) is 89.7 Å². The molecule has 0 unspecified atom stereocenters. The minimum absolute atomic E-state index is 0.137. The molecule has 1 heterocycles. The van der Waals surface area contributed by atoms with Gasteiger partial charge in [0.05, 0.1) is 5.75 Å². The summed E-state index contributed by atoms with van der Waals surface area (Å²) in [6.07, 6.45) is 1.05. The highest BCUT2D eigenvalue weighted by molar-refractivity contribution is 8.00. The molecule has 0 atom stereocenters. The van der Waals surface area contributed by atoms with Crippen LogP contribution in [0.4, 0.5) is 15.8 Å². The van der Waals surface area contributed by atoms with Crippen LogP contribution in [-0.4, -0.2) is 18.2 Å². The standard InChI is InChI=1S/C23H21FN2OS/c24-19-9-3-6-12-22(19)28-16-23(27)25-20-10-4-1-8-18(20)15-26-14-13-17-7-2-5-11-21(17)26/h1-12H,13-16H2,(H,25,27). The van der Waals surface area contributed by atoms with Crippen molar-refractivity contribution in [2.45, 2.75) is 17.9 Å². The maximum absolute atomic E-state index is 13.7. The summed E-state index contributed by atoms with van der Waals surface area (Å²) < 4.78 is 13.7. The second-order valence-corrected chi connectivity index (χ2v) is 7.74. The van der Waals surface area contributed by atoms with Crippen LogP contribution in [0.1, 0.15) is 11.1 Å². The number of nitrogens with one attached hydrogen (secondary N) is 1. The first kappa shape index (κ1) is 18.6. The van der Waals surface area contributed by atoms with Crippen LogP contribution in [0.15, 0.2) is 77.7 Å². The van der Waals surface area contributed by atoms with E-state index >= 15 is 0 Å². The molecule has 0 radical (unpaired) electrons. The number of thioether (sulfide) groups is 1. The zero-order chi connectivity index (χ0) is 19.3. The molecular formula is C23H21FN2OS. The molecule has 3 aromatic carbocycles. The van der Waals surface area contributed by atoms with Crippen molar-refractivity contribution in [3.63, 3.8) is 0 Å². The Hall–Kier alpha value is -2.79. The quantitative estimate of drug-likeness (QED) is 0.591. The largest absolute Gasteiger partial charge is 0.367 e. The van der Waals surface area contributed by atoms with E-state index in [9.17, 15) is 9.18 Å². The van der Waals surface area contributed by atoms with Gasteiger partial charge in [0.1, 0.15) is 5.82 Å². The van der Waals surface area contributed by atoms with Gasteiger partial charge in [-0.15, -0.1) is 11.8 Å². The maximum Gasteiger partial charge on any atom is 0.234 e. The fourth-order valence-electron chi connectivity index (χ4n) is 3.45. The van der Waals surface area contributed by atoms with Crippen LogP contribution in [0.5, 0.6) is 0 Å². The number of rotatable bonds is 6. The molecule has 0 spiro atoms. The first-order chi connectivity index (χ1) is 13.7. The van der Waals surface area contributed by atoms with Gasteiger partial charge in [0, 0.05) is 29.4 Å². The van der Waals surface area contributed by atoms with Gasteiger partial charge in [-0.3, -0.25) is 4.79 Å². The third kappa shape index (κ3) is 4.20. The summed E-state index contributed by atoms with van der Waals surface area (Å²) >= 11 is 1.21. The summed E-state index contributed by atoms with van der Waals surface area (Å²) in [6, 6.07) is 22.8. The number of anilines is 2. The summed E-state index contributed by atoms with van der Waals surface area (Å²) in [5.74, 6) is -0.266. The number of amides is 1. The zero-order valence-corrected chi connectivity index (χ0v) is 16.2. The Balaban J connectivity index is 1.42. The van der Waals surface area contributed by atoms with Gasteiger partial charge in [0.2, 0.25) is 5.91 Å². The number of carbonyl (C=O) groups is 1. The lowest BCUT2D eigenvalue weighted by molar-refractivity contribution is -0.113. The van der Waals surface area contributed by atoms with Gasteiger partial charge >= 0.3 is 0 Å². The Morgan fingerprint density at radius 2 is 1.75 bits per heavy atom. The number of halogens is 1. The third-order valence-corrected chi connectivity index (χ3v) is 5.88. The van der Waals surface area contributed by atoms with E-state index in [0.717, 1.165) is 30.8 Å². The first-order valence-electron chi connectivity index (χ1n) is 9.28. The van der Waals surface area contributed by atoms with Crippen molar-refractivity contribution in [3.8, 4) is 0 Å². The molecule has 5 heteroatoms. The van der Waals surface area contributed by atoms with E-state index < -0.39 is 0 Å². The fraction of sp³-hybridized carbons (Fsp3) is 0.174. The molecule has 3 aromatic rings. The van der Waals surface area contributed by atoms with E-state index in [2.05, 4.69) is 34.5 Å². The van der Waals surface area contributed by atoms with Gasteiger partial charge in [-0.25, -0.2) is 4.39 Å². The molecule has 0 aromatic heterocycles. The third-order valence-electron chi connectivity index (χ3n) is 4.83. The predicted molar refractivity (Wildman–Crippen MR) is 113 cm³/mol. The summed E-state index contributed by atoms with van der Waals surface area (Å²) in [6.45, 7) is 1.72.